The van der Waals surface area contributed by atoms with Crippen LogP contribution in [0.25, 0.3) is 0 Å². The molecule has 0 spiro atoms. The van der Waals surface area contributed by atoms with Gasteiger partial charge in [0.15, 0.2) is 11.6 Å². The second kappa shape index (κ2) is 7.63. The van der Waals surface area contributed by atoms with Gasteiger partial charge in [0.2, 0.25) is 5.78 Å². The van der Waals surface area contributed by atoms with Crippen molar-refractivity contribution in [2.24, 2.45) is 0 Å². The fourth-order valence-corrected chi connectivity index (χ4v) is 1.61. The van der Waals surface area contributed by atoms with Crippen LogP contribution >= 0.6 is 0 Å². The maximum Gasteiger partial charge on any atom is 0.345 e. The number of hydrogen-bond donors (Lipinski definition) is 0. The Morgan fingerprint density at radius 1 is 1.14 bits per heavy atom. The van der Waals surface area contributed by atoms with E-state index in [1.54, 1.807) is 6.92 Å². The minimum Gasteiger partial charge on any atom is -0.500 e. The molecule has 120 valence electrons. The van der Waals surface area contributed by atoms with Gasteiger partial charge in [0.1, 0.15) is 17.7 Å². The molecule has 0 aliphatic carbocycles. The predicted octanol–water partition coefficient (Wildman–Crippen LogP) is 3.08. The molecule has 0 N–H and O–H groups in total. The molecule has 7 heteroatoms. The Kier molecular flexibility index (Phi) is 6.15. The van der Waals surface area contributed by atoms with Crippen LogP contribution in [0, 0.1) is 24.4 Å². The van der Waals surface area contributed by atoms with Crippen molar-refractivity contribution in [3.05, 3.63) is 46.5 Å². The number of halogens is 3. The Hall–Kier alpha value is -2.31. The van der Waals surface area contributed by atoms with Gasteiger partial charge in [-0.2, -0.15) is 0 Å². The molecule has 0 bridgehead atoms. The van der Waals surface area contributed by atoms with Gasteiger partial charge in [-0.05, 0) is 26.8 Å². The minimum absolute atomic E-state index is 0.0190. The summed E-state index contributed by atoms with van der Waals surface area (Å²) in [7, 11) is 0. The van der Waals surface area contributed by atoms with Gasteiger partial charge in [-0.25, -0.2) is 18.0 Å². The standard InChI is InChI=1S/C15H15F3O4/c1-4-21-7-10(15(20)22-5-2)14(19)9-6-11(16)13(18)8(3)12(9)17/h6-7H,4-5H2,1-3H3/b10-7-. The third kappa shape index (κ3) is 3.66. The number of carbonyl (C=O) groups is 2. The maximum absolute atomic E-state index is 14.0. The van der Waals surface area contributed by atoms with Crippen molar-refractivity contribution in [2.75, 3.05) is 13.2 Å². The van der Waals surface area contributed by atoms with Crippen molar-refractivity contribution in [2.45, 2.75) is 20.8 Å². The first-order valence-corrected chi connectivity index (χ1v) is 6.52. The highest BCUT2D eigenvalue weighted by Gasteiger charge is 2.27. The first-order valence-electron chi connectivity index (χ1n) is 6.52. The van der Waals surface area contributed by atoms with Gasteiger partial charge in [0, 0.05) is 5.56 Å². The SMILES string of the molecule is CCO/C=C(\C(=O)OCC)C(=O)c1cc(F)c(F)c(C)c1F. The van der Waals surface area contributed by atoms with Crippen LogP contribution in [-0.2, 0) is 14.3 Å². The lowest BCUT2D eigenvalue weighted by Gasteiger charge is -2.09. The number of hydrogen-bond acceptors (Lipinski definition) is 4. The fraction of sp³-hybridized carbons (Fsp3) is 0.333. The van der Waals surface area contributed by atoms with Crippen LogP contribution in [0.5, 0.6) is 0 Å². The summed E-state index contributed by atoms with van der Waals surface area (Å²) in [5.74, 6) is -6.20. The molecule has 0 saturated heterocycles. The van der Waals surface area contributed by atoms with Gasteiger partial charge in [0.25, 0.3) is 0 Å². The molecule has 0 unspecified atom stereocenters. The molecule has 0 radical (unpaired) electrons. The molecule has 0 aliphatic rings. The van der Waals surface area contributed by atoms with E-state index in [2.05, 4.69) is 4.74 Å². The molecule has 22 heavy (non-hydrogen) atoms. The van der Waals surface area contributed by atoms with Crippen molar-refractivity contribution in [1.82, 2.24) is 0 Å². The summed E-state index contributed by atoms with van der Waals surface area (Å²) < 4.78 is 50.1. The monoisotopic (exact) mass is 316 g/mol. The van der Waals surface area contributed by atoms with E-state index in [0.29, 0.717) is 6.07 Å². The summed E-state index contributed by atoms with van der Waals surface area (Å²) in [6.07, 6.45) is 0.816. The largest absolute Gasteiger partial charge is 0.500 e. The van der Waals surface area contributed by atoms with E-state index >= 15 is 0 Å². The van der Waals surface area contributed by atoms with Crippen molar-refractivity contribution < 1.29 is 32.2 Å². The highest BCUT2D eigenvalue weighted by atomic mass is 19.2. The van der Waals surface area contributed by atoms with E-state index < -0.39 is 45.9 Å². The molecule has 0 fully saturated rings. The Balaban J connectivity index is 3.34. The van der Waals surface area contributed by atoms with Gasteiger partial charge >= 0.3 is 5.97 Å². The van der Waals surface area contributed by atoms with Crippen molar-refractivity contribution in [1.29, 1.82) is 0 Å². The second-order valence-electron chi connectivity index (χ2n) is 4.20. The average molecular weight is 316 g/mol. The molecular weight excluding hydrogens is 301 g/mol. The quantitative estimate of drug-likeness (QED) is 0.154. The average Bonchev–Trinajstić information content (AvgIpc) is 2.49. The molecule has 1 aromatic rings. The first kappa shape index (κ1) is 17.7. The zero-order valence-electron chi connectivity index (χ0n) is 12.3. The van der Waals surface area contributed by atoms with E-state index in [1.165, 1.54) is 6.92 Å². The third-order valence-corrected chi connectivity index (χ3v) is 2.73. The lowest BCUT2D eigenvalue weighted by Crippen LogP contribution is -2.19. The highest BCUT2D eigenvalue weighted by Crippen LogP contribution is 2.22. The second-order valence-corrected chi connectivity index (χ2v) is 4.20. The van der Waals surface area contributed by atoms with Crippen LogP contribution < -0.4 is 0 Å². The van der Waals surface area contributed by atoms with Gasteiger partial charge in [-0.3, -0.25) is 4.79 Å². The van der Waals surface area contributed by atoms with E-state index in [4.69, 9.17) is 4.74 Å². The first-order chi connectivity index (χ1) is 10.3. The van der Waals surface area contributed by atoms with E-state index in [1.807, 2.05) is 0 Å². The van der Waals surface area contributed by atoms with Gasteiger partial charge in [0.05, 0.1) is 18.8 Å². The molecule has 0 heterocycles. The number of carbonyl (C=O) groups excluding carboxylic acids is 2. The molecule has 0 aliphatic heterocycles. The lowest BCUT2D eigenvalue weighted by atomic mass is 10.0. The van der Waals surface area contributed by atoms with Crippen molar-refractivity contribution in [3.63, 3.8) is 0 Å². The summed E-state index contributed by atoms with van der Waals surface area (Å²) in [6, 6.07) is 0.402. The highest BCUT2D eigenvalue weighted by molar-refractivity contribution is 6.24. The van der Waals surface area contributed by atoms with Gasteiger partial charge < -0.3 is 9.47 Å². The number of ether oxygens (including phenoxy) is 2. The number of Topliss-reactive ketones (excluding diaryl/α,β-unsaturated/α-hetero) is 1. The Morgan fingerprint density at radius 3 is 2.32 bits per heavy atom. The van der Waals surface area contributed by atoms with Crippen molar-refractivity contribution in [3.8, 4) is 0 Å². The number of benzene rings is 1. The Morgan fingerprint density at radius 2 is 1.77 bits per heavy atom. The number of ketones is 1. The molecule has 1 aromatic carbocycles. The van der Waals surface area contributed by atoms with E-state index in [9.17, 15) is 22.8 Å². The summed E-state index contributed by atoms with van der Waals surface area (Å²) >= 11 is 0. The summed E-state index contributed by atoms with van der Waals surface area (Å²) in [5.41, 5.74) is -2.02. The van der Waals surface area contributed by atoms with Gasteiger partial charge in [-0.1, -0.05) is 0 Å². The Bertz CT molecular complexity index is 624. The topological polar surface area (TPSA) is 52.6 Å². The maximum atomic E-state index is 14.0. The smallest absolute Gasteiger partial charge is 0.345 e. The van der Waals surface area contributed by atoms with E-state index in [-0.39, 0.29) is 13.2 Å². The zero-order chi connectivity index (χ0) is 16.9. The number of esters is 1. The summed E-state index contributed by atoms with van der Waals surface area (Å²) in [6.45, 7) is 4.24. The molecule has 0 atom stereocenters. The van der Waals surface area contributed by atoms with Crippen molar-refractivity contribution >= 4 is 11.8 Å². The number of rotatable bonds is 6. The fourth-order valence-electron chi connectivity index (χ4n) is 1.61. The normalized spacial score (nSPS) is 11.3. The van der Waals surface area contributed by atoms with Gasteiger partial charge in [-0.15, -0.1) is 0 Å². The third-order valence-electron chi connectivity index (χ3n) is 2.73. The van der Waals surface area contributed by atoms with Crippen LogP contribution in [0.4, 0.5) is 13.2 Å². The zero-order valence-corrected chi connectivity index (χ0v) is 12.3. The van der Waals surface area contributed by atoms with Crippen LogP contribution in [0.1, 0.15) is 29.8 Å². The minimum atomic E-state index is -1.39. The van der Waals surface area contributed by atoms with Crippen LogP contribution in [0.2, 0.25) is 0 Å². The van der Waals surface area contributed by atoms with Crippen LogP contribution in [-0.4, -0.2) is 25.0 Å². The summed E-state index contributed by atoms with van der Waals surface area (Å²) in [5, 5.41) is 0. The molecule has 1 rings (SSSR count). The molecule has 4 nitrogen and oxygen atoms in total. The Labute approximate surface area is 125 Å². The van der Waals surface area contributed by atoms with Crippen LogP contribution in [0.3, 0.4) is 0 Å². The molecule has 0 amide bonds. The van der Waals surface area contributed by atoms with E-state index in [0.717, 1.165) is 13.2 Å². The lowest BCUT2D eigenvalue weighted by molar-refractivity contribution is -0.138. The summed E-state index contributed by atoms with van der Waals surface area (Å²) in [4.78, 5) is 24.0. The predicted molar refractivity (Wildman–Crippen MR) is 71.7 cm³/mol. The molecule has 0 aromatic heterocycles. The molecule has 0 saturated carbocycles. The van der Waals surface area contributed by atoms with Crippen LogP contribution in [0.15, 0.2) is 17.9 Å². The molecular formula is C15H15F3O4.